The van der Waals surface area contributed by atoms with Crippen LogP contribution >= 0.6 is 0 Å². The van der Waals surface area contributed by atoms with E-state index in [-0.39, 0.29) is 17.1 Å². The lowest BCUT2D eigenvalue weighted by atomic mass is 9.98. The van der Waals surface area contributed by atoms with E-state index in [2.05, 4.69) is 6.58 Å². The van der Waals surface area contributed by atoms with Crippen molar-refractivity contribution in [3.8, 4) is 5.75 Å². The zero-order valence-corrected chi connectivity index (χ0v) is 16.8. The monoisotopic (exact) mass is 405 g/mol. The number of para-hydroxylation sites is 1. The Morgan fingerprint density at radius 3 is 2.63 bits per heavy atom. The maximum Gasteiger partial charge on any atom is 0.290 e. The zero-order valence-electron chi connectivity index (χ0n) is 16.8. The highest BCUT2D eigenvalue weighted by molar-refractivity contribution is 5.99. The van der Waals surface area contributed by atoms with Gasteiger partial charge in [-0.25, -0.2) is 0 Å². The average molecular weight is 405 g/mol. The number of ether oxygens (including phenoxy) is 2. The van der Waals surface area contributed by atoms with Gasteiger partial charge in [0.25, 0.3) is 5.91 Å². The summed E-state index contributed by atoms with van der Waals surface area (Å²) in [5, 5.41) is 0.471. The first kappa shape index (κ1) is 19.9. The number of nitrogens with zero attached hydrogens (tertiary/aromatic N) is 1. The predicted octanol–water partition coefficient (Wildman–Crippen LogP) is 3.94. The zero-order chi connectivity index (χ0) is 21.1. The lowest BCUT2D eigenvalue weighted by Crippen LogP contribution is -2.31. The van der Waals surface area contributed by atoms with Crippen LogP contribution in [0, 0.1) is 0 Å². The van der Waals surface area contributed by atoms with Crippen LogP contribution in [0.4, 0.5) is 0 Å². The predicted molar refractivity (Wildman–Crippen MR) is 114 cm³/mol. The number of hydrogen-bond acceptors (Lipinski definition) is 5. The van der Waals surface area contributed by atoms with Crippen LogP contribution in [0.3, 0.4) is 0 Å². The molecule has 1 aliphatic rings. The number of rotatable bonds is 8. The Kier molecular flexibility index (Phi) is 5.68. The van der Waals surface area contributed by atoms with Crippen LogP contribution in [0.5, 0.6) is 5.75 Å². The highest BCUT2D eigenvalue weighted by Gasteiger charge is 2.42. The first-order chi connectivity index (χ1) is 14.7. The minimum absolute atomic E-state index is 0.119. The fourth-order valence-electron chi connectivity index (χ4n) is 3.83. The topological polar surface area (TPSA) is 69.0 Å². The summed E-state index contributed by atoms with van der Waals surface area (Å²) in [6, 6.07) is 13.9. The van der Waals surface area contributed by atoms with Crippen molar-refractivity contribution >= 4 is 16.9 Å². The van der Waals surface area contributed by atoms with E-state index >= 15 is 0 Å². The molecule has 0 bridgehead atoms. The fraction of sp³-hybridized carbons (Fsp3) is 0.250. The number of hydrogen-bond donors (Lipinski definition) is 0. The Hall–Kier alpha value is -3.38. The molecule has 0 aliphatic carbocycles. The molecule has 2 aromatic carbocycles. The van der Waals surface area contributed by atoms with Gasteiger partial charge in [-0.1, -0.05) is 36.9 Å². The van der Waals surface area contributed by atoms with E-state index in [4.69, 9.17) is 13.9 Å². The summed E-state index contributed by atoms with van der Waals surface area (Å²) < 4.78 is 16.6. The van der Waals surface area contributed by atoms with Gasteiger partial charge in [-0.2, -0.15) is 0 Å². The largest absolute Gasteiger partial charge is 0.490 e. The van der Waals surface area contributed by atoms with Gasteiger partial charge in [-0.3, -0.25) is 9.59 Å². The van der Waals surface area contributed by atoms with Gasteiger partial charge >= 0.3 is 0 Å². The van der Waals surface area contributed by atoms with E-state index in [1.807, 2.05) is 24.3 Å². The maximum absolute atomic E-state index is 13.3. The van der Waals surface area contributed by atoms with Crippen LogP contribution in [-0.2, 0) is 4.74 Å². The molecule has 3 aromatic rings. The molecular weight excluding hydrogens is 382 g/mol. The van der Waals surface area contributed by atoms with Crippen molar-refractivity contribution in [2.45, 2.75) is 12.5 Å². The van der Waals surface area contributed by atoms with Crippen molar-refractivity contribution in [1.82, 2.24) is 4.90 Å². The molecule has 1 amide bonds. The Balaban J connectivity index is 1.81. The lowest BCUT2D eigenvalue weighted by molar-refractivity contribution is 0.0708. The van der Waals surface area contributed by atoms with E-state index < -0.39 is 6.04 Å². The van der Waals surface area contributed by atoms with Gasteiger partial charge < -0.3 is 18.8 Å². The molecule has 6 nitrogen and oxygen atoms in total. The van der Waals surface area contributed by atoms with Crippen LogP contribution < -0.4 is 10.2 Å². The summed E-state index contributed by atoms with van der Waals surface area (Å²) in [7, 11) is 1.62. The Labute approximate surface area is 174 Å². The standard InChI is InChI=1S/C24H23NO5/c1-3-14-29-17-11-9-16(10-12-17)21-20-22(26)18-7-4-5-8-19(18)30-23(20)24(27)25(21)13-6-15-28-2/h3-5,7-12,21H,1,6,13-15H2,2H3/t21-/m0/s1. The molecule has 0 saturated heterocycles. The number of amides is 1. The van der Waals surface area contributed by atoms with Crippen molar-refractivity contribution in [2.24, 2.45) is 0 Å². The van der Waals surface area contributed by atoms with Crippen LogP contribution in [0.25, 0.3) is 11.0 Å². The van der Waals surface area contributed by atoms with Gasteiger partial charge in [-0.15, -0.1) is 0 Å². The van der Waals surface area contributed by atoms with Gasteiger partial charge in [0.1, 0.15) is 17.9 Å². The van der Waals surface area contributed by atoms with E-state index in [1.165, 1.54) is 0 Å². The van der Waals surface area contributed by atoms with Gasteiger partial charge in [-0.05, 0) is 36.2 Å². The summed E-state index contributed by atoms with van der Waals surface area (Å²) in [6.45, 7) is 5.02. The Bertz CT molecular complexity index is 1130. The van der Waals surface area contributed by atoms with Crippen LogP contribution in [0.15, 0.2) is 70.4 Å². The van der Waals surface area contributed by atoms with Crippen LogP contribution in [0.2, 0.25) is 0 Å². The first-order valence-electron chi connectivity index (χ1n) is 9.85. The number of benzene rings is 2. The molecular formula is C24H23NO5. The fourth-order valence-corrected chi connectivity index (χ4v) is 3.83. The second kappa shape index (κ2) is 8.55. The maximum atomic E-state index is 13.3. The number of carbonyl (C=O) groups excluding carboxylic acids is 1. The highest BCUT2D eigenvalue weighted by Crippen LogP contribution is 2.38. The minimum Gasteiger partial charge on any atom is -0.490 e. The van der Waals surface area contributed by atoms with Gasteiger partial charge in [0.05, 0.1) is 17.0 Å². The molecule has 0 saturated carbocycles. The highest BCUT2D eigenvalue weighted by atomic mass is 16.5. The summed E-state index contributed by atoms with van der Waals surface area (Å²) in [5.74, 6) is 0.536. The van der Waals surface area contributed by atoms with Gasteiger partial charge in [0, 0.05) is 20.3 Å². The molecule has 6 heteroatoms. The van der Waals surface area contributed by atoms with Gasteiger partial charge in [0.2, 0.25) is 5.76 Å². The third-order valence-electron chi connectivity index (χ3n) is 5.18. The molecule has 2 heterocycles. The summed E-state index contributed by atoms with van der Waals surface area (Å²) in [4.78, 5) is 28.2. The minimum atomic E-state index is -0.515. The SMILES string of the molecule is C=CCOc1ccc([C@H]2c3c(oc4ccccc4c3=O)C(=O)N2CCCOC)cc1. The van der Waals surface area contributed by atoms with Crippen molar-refractivity contribution < 1.29 is 18.7 Å². The quantitative estimate of drug-likeness (QED) is 0.419. The number of methoxy groups -OCH3 is 1. The van der Waals surface area contributed by atoms with Crippen molar-refractivity contribution in [1.29, 1.82) is 0 Å². The van der Waals surface area contributed by atoms with E-state index in [1.54, 1.807) is 42.4 Å². The molecule has 0 radical (unpaired) electrons. The smallest absolute Gasteiger partial charge is 0.290 e. The molecule has 0 N–H and O–H groups in total. The van der Waals surface area contributed by atoms with Gasteiger partial charge in [0.15, 0.2) is 5.43 Å². The number of carbonyl (C=O) groups is 1. The van der Waals surface area contributed by atoms with Crippen LogP contribution in [0.1, 0.15) is 34.1 Å². The molecule has 30 heavy (non-hydrogen) atoms. The van der Waals surface area contributed by atoms with Crippen LogP contribution in [-0.4, -0.2) is 37.7 Å². The molecule has 1 aromatic heterocycles. The van der Waals surface area contributed by atoms with Crippen molar-refractivity contribution in [3.63, 3.8) is 0 Å². The Morgan fingerprint density at radius 2 is 1.90 bits per heavy atom. The van der Waals surface area contributed by atoms with Crippen molar-refractivity contribution in [2.75, 3.05) is 26.9 Å². The third kappa shape index (κ3) is 3.50. The van der Waals surface area contributed by atoms with Crippen molar-refractivity contribution in [3.05, 3.63) is 88.3 Å². The van der Waals surface area contributed by atoms with E-state index in [0.717, 1.165) is 5.56 Å². The molecule has 154 valence electrons. The van der Waals surface area contributed by atoms with E-state index in [9.17, 15) is 9.59 Å². The average Bonchev–Trinajstić information content (AvgIpc) is 3.05. The molecule has 0 unspecified atom stereocenters. The molecule has 1 aliphatic heterocycles. The summed E-state index contributed by atoms with van der Waals surface area (Å²) in [6.07, 6.45) is 2.33. The first-order valence-corrected chi connectivity index (χ1v) is 9.85. The third-order valence-corrected chi connectivity index (χ3v) is 5.18. The summed E-state index contributed by atoms with van der Waals surface area (Å²) >= 11 is 0. The second-order valence-electron chi connectivity index (χ2n) is 7.09. The molecule has 4 rings (SSSR count). The summed E-state index contributed by atoms with van der Waals surface area (Å²) in [5.41, 5.74) is 1.45. The molecule has 0 fully saturated rings. The lowest BCUT2D eigenvalue weighted by Gasteiger charge is -2.25. The molecule has 1 atom stereocenters. The van der Waals surface area contributed by atoms with E-state index in [0.29, 0.717) is 48.5 Å². The second-order valence-corrected chi connectivity index (χ2v) is 7.09. The normalized spacial score (nSPS) is 15.4. The molecule has 0 spiro atoms. The number of fused-ring (bicyclic) bond motifs is 2. The Morgan fingerprint density at radius 1 is 1.13 bits per heavy atom.